The Morgan fingerprint density at radius 3 is 0.960 bits per heavy atom. The van der Waals surface area contributed by atoms with Crippen molar-refractivity contribution in [3.63, 3.8) is 0 Å². The van der Waals surface area contributed by atoms with E-state index in [2.05, 4.69) is 20.3 Å². The molecule has 0 rings (SSSR count). The lowest BCUT2D eigenvalue weighted by atomic mass is 10.0. The van der Waals surface area contributed by atoms with E-state index in [0.29, 0.717) is 0 Å². The lowest BCUT2D eigenvalue weighted by Gasteiger charge is -2.04. The van der Waals surface area contributed by atoms with Gasteiger partial charge in [0.25, 0.3) is 0 Å². The van der Waals surface area contributed by atoms with Crippen molar-refractivity contribution >= 4 is 0 Å². The van der Waals surface area contributed by atoms with Gasteiger partial charge in [0.15, 0.2) is 0 Å². The summed E-state index contributed by atoms with van der Waals surface area (Å²) in [5.41, 5.74) is 0. The molecule has 0 aromatic rings. The van der Waals surface area contributed by atoms with Crippen LogP contribution >= 0.6 is 0 Å². The van der Waals surface area contributed by atoms with Crippen LogP contribution in [-0.4, -0.2) is 0 Å². The highest BCUT2D eigenvalue weighted by molar-refractivity contribution is 4.63. The van der Waals surface area contributed by atoms with Gasteiger partial charge in [-0.3, -0.25) is 0 Å². The molecule has 0 aliphatic heterocycles. The van der Waals surface area contributed by atoms with Crippen LogP contribution in [0.25, 0.3) is 0 Å². The largest absolute Gasteiger partial charge is 0.0654 e. The van der Waals surface area contributed by atoms with Crippen molar-refractivity contribution < 1.29 is 0 Å². The third kappa shape index (κ3) is 24.0. The first kappa shape index (κ1) is 25.0. The monoisotopic (exact) mass is 351 g/mol. The highest BCUT2D eigenvalue weighted by atomic mass is 14.0. The van der Waals surface area contributed by atoms with E-state index >= 15 is 0 Å². The minimum absolute atomic E-state index is 1.32. The second-order valence-corrected chi connectivity index (χ2v) is 8.23. The fourth-order valence-corrected chi connectivity index (χ4v) is 3.72. The summed E-state index contributed by atoms with van der Waals surface area (Å²) in [4.78, 5) is 0. The van der Waals surface area contributed by atoms with Gasteiger partial charge in [0.2, 0.25) is 0 Å². The Bertz CT molecular complexity index is 186. The lowest BCUT2D eigenvalue weighted by molar-refractivity contribution is 0.523. The molecule has 0 aliphatic carbocycles. The summed E-state index contributed by atoms with van der Waals surface area (Å²) in [6.45, 7) is 4.57. The molecule has 0 N–H and O–H groups in total. The molecule has 0 amide bonds. The zero-order valence-electron chi connectivity index (χ0n) is 18.1. The van der Waals surface area contributed by atoms with E-state index in [0.717, 1.165) is 0 Å². The van der Waals surface area contributed by atoms with Gasteiger partial charge in [-0.15, -0.1) is 0 Å². The molecule has 0 heteroatoms. The Kier molecular flexibility index (Phi) is 24.0. The van der Waals surface area contributed by atoms with Gasteiger partial charge in [-0.25, -0.2) is 0 Å². The van der Waals surface area contributed by atoms with Gasteiger partial charge in [0.05, 0.1) is 0 Å². The van der Waals surface area contributed by atoms with Crippen molar-refractivity contribution in [1.29, 1.82) is 0 Å². The minimum atomic E-state index is 1.32. The van der Waals surface area contributed by atoms with Crippen LogP contribution in [0.1, 0.15) is 155 Å². The normalized spacial score (nSPS) is 11.3. The van der Waals surface area contributed by atoms with Crippen LogP contribution < -0.4 is 0 Å². The van der Waals surface area contributed by atoms with Gasteiger partial charge in [0.1, 0.15) is 0 Å². The third-order valence-corrected chi connectivity index (χ3v) is 5.50. The summed E-state index contributed by atoms with van der Waals surface area (Å²) >= 11 is 0. The number of hydrogen-bond acceptors (Lipinski definition) is 0. The van der Waals surface area contributed by atoms with Crippen LogP contribution in [-0.2, 0) is 0 Å². The van der Waals surface area contributed by atoms with Crippen LogP contribution in [0.4, 0.5) is 0 Å². The zero-order chi connectivity index (χ0) is 18.3. The molecule has 25 heavy (non-hydrogen) atoms. The summed E-state index contributed by atoms with van der Waals surface area (Å²) in [7, 11) is 0. The van der Waals surface area contributed by atoms with Crippen LogP contribution in [0.5, 0.6) is 0 Å². The Hall–Kier alpha value is 0. The molecule has 0 heterocycles. The van der Waals surface area contributed by atoms with Gasteiger partial charge in [-0.2, -0.15) is 0 Å². The average molecular weight is 352 g/mol. The summed E-state index contributed by atoms with van der Waals surface area (Å²) in [6.07, 6.45) is 34.4. The maximum absolute atomic E-state index is 2.48. The zero-order valence-corrected chi connectivity index (χ0v) is 18.1. The molecule has 0 aromatic heterocycles. The average Bonchev–Trinajstić information content (AvgIpc) is 2.63. The summed E-state index contributed by atoms with van der Waals surface area (Å²) in [5.74, 6) is 0. The summed E-state index contributed by atoms with van der Waals surface area (Å²) in [5, 5.41) is 0. The topological polar surface area (TPSA) is 0 Å². The molecule has 0 saturated heterocycles. The van der Waals surface area contributed by atoms with Crippen molar-refractivity contribution in [2.24, 2.45) is 0 Å². The second kappa shape index (κ2) is 24.0. The van der Waals surface area contributed by atoms with E-state index in [1.165, 1.54) is 141 Å². The standard InChI is InChI=1S/C25H51/c1-3-5-7-9-11-13-15-17-19-21-23-25-24-22-20-18-16-14-12-10-8-6-4-2/h7H,3-6,8-25H2,1-2H3. The van der Waals surface area contributed by atoms with Gasteiger partial charge in [-0.05, 0) is 6.42 Å². The molecule has 0 spiro atoms. The Morgan fingerprint density at radius 2 is 0.640 bits per heavy atom. The molecule has 0 atom stereocenters. The number of hydrogen-bond donors (Lipinski definition) is 0. The highest BCUT2D eigenvalue weighted by Crippen LogP contribution is 2.15. The van der Waals surface area contributed by atoms with Crippen LogP contribution in [0, 0.1) is 6.42 Å². The molecule has 0 aromatic carbocycles. The van der Waals surface area contributed by atoms with E-state index in [1.807, 2.05) is 0 Å². The molecular formula is C25H51. The van der Waals surface area contributed by atoms with E-state index in [4.69, 9.17) is 0 Å². The van der Waals surface area contributed by atoms with E-state index < -0.39 is 0 Å². The molecule has 0 unspecified atom stereocenters. The van der Waals surface area contributed by atoms with Crippen LogP contribution in [0.15, 0.2) is 0 Å². The van der Waals surface area contributed by atoms with Crippen molar-refractivity contribution in [1.82, 2.24) is 0 Å². The van der Waals surface area contributed by atoms with Crippen molar-refractivity contribution in [2.45, 2.75) is 155 Å². The van der Waals surface area contributed by atoms with Crippen molar-refractivity contribution in [3.05, 3.63) is 6.42 Å². The smallest absolute Gasteiger partial charge is 0.0386 e. The molecule has 0 nitrogen and oxygen atoms in total. The van der Waals surface area contributed by atoms with E-state index in [1.54, 1.807) is 0 Å². The molecule has 0 aliphatic rings. The number of rotatable bonds is 22. The molecule has 0 fully saturated rings. The number of unbranched alkanes of at least 4 members (excludes halogenated alkanes) is 22. The van der Waals surface area contributed by atoms with Gasteiger partial charge in [-0.1, -0.05) is 155 Å². The SMILES string of the molecule is CCC[CH]CCCCCCCCCCCCCCCCCCCCC. The van der Waals surface area contributed by atoms with Crippen molar-refractivity contribution in [3.8, 4) is 0 Å². The fourth-order valence-electron chi connectivity index (χ4n) is 3.72. The maximum Gasteiger partial charge on any atom is -0.0386 e. The first-order valence-electron chi connectivity index (χ1n) is 12.2. The minimum Gasteiger partial charge on any atom is -0.0654 e. The summed E-state index contributed by atoms with van der Waals surface area (Å²) < 4.78 is 0. The van der Waals surface area contributed by atoms with Gasteiger partial charge in [0, 0.05) is 0 Å². The molecule has 151 valence electrons. The van der Waals surface area contributed by atoms with Gasteiger partial charge < -0.3 is 0 Å². The Morgan fingerprint density at radius 1 is 0.320 bits per heavy atom. The molecule has 1 radical (unpaired) electrons. The maximum atomic E-state index is 2.48. The Labute approximate surface area is 161 Å². The lowest BCUT2D eigenvalue weighted by Crippen LogP contribution is -1.84. The van der Waals surface area contributed by atoms with E-state index in [9.17, 15) is 0 Å². The first-order valence-corrected chi connectivity index (χ1v) is 12.2. The molecule has 0 saturated carbocycles. The Balaban J connectivity index is 2.94. The fraction of sp³-hybridized carbons (Fsp3) is 0.960. The highest BCUT2D eigenvalue weighted by Gasteiger charge is 1.95. The first-order chi connectivity index (χ1) is 12.4. The van der Waals surface area contributed by atoms with Gasteiger partial charge >= 0.3 is 0 Å². The molecule has 0 bridgehead atoms. The summed E-state index contributed by atoms with van der Waals surface area (Å²) in [6, 6.07) is 0. The van der Waals surface area contributed by atoms with Crippen LogP contribution in [0.3, 0.4) is 0 Å². The predicted molar refractivity (Wildman–Crippen MR) is 117 cm³/mol. The predicted octanol–water partition coefficient (Wildman–Crippen LogP) is 9.81. The van der Waals surface area contributed by atoms with E-state index in [-0.39, 0.29) is 0 Å². The third-order valence-electron chi connectivity index (χ3n) is 5.50. The molecular weight excluding hydrogens is 300 g/mol. The second-order valence-electron chi connectivity index (χ2n) is 8.23. The van der Waals surface area contributed by atoms with Crippen molar-refractivity contribution in [2.75, 3.05) is 0 Å². The quantitative estimate of drug-likeness (QED) is 0.170. The van der Waals surface area contributed by atoms with Crippen LogP contribution in [0.2, 0.25) is 0 Å².